The summed E-state index contributed by atoms with van der Waals surface area (Å²) < 4.78 is 52.9. The first-order valence-corrected chi connectivity index (χ1v) is 10.4. The van der Waals surface area contributed by atoms with Gasteiger partial charge in [0.15, 0.2) is 12.0 Å². The van der Waals surface area contributed by atoms with Crippen molar-refractivity contribution in [1.29, 1.82) is 0 Å². The number of carbonyl (C=O) groups excluding carboxylic acids is 1. The van der Waals surface area contributed by atoms with Crippen LogP contribution in [0.15, 0.2) is 51.7 Å². The molecule has 0 N–H and O–H groups in total. The van der Waals surface area contributed by atoms with Gasteiger partial charge in [-0.25, -0.2) is 9.59 Å². The number of rotatable bonds is 4. The second-order valence-corrected chi connectivity index (χ2v) is 8.03. The summed E-state index contributed by atoms with van der Waals surface area (Å²) in [6.07, 6.45) is -0.155. The highest BCUT2D eigenvalue weighted by molar-refractivity contribution is 7.95. The summed E-state index contributed by atoms with van der Waals surface area (Å²) in [6, 6.07) is 12.2. The molecule has 6 nitrogen and oxygen atoms in total. The van der Waals surface area contributed by atoms with Gasteiger partial charge in [-0.05, 0) is 36.6 Å². The molecule has 168 valence electrons. The Bertz CT molecular complexity index is 1210. The Hall–Kier alpha value is -3.14. The zero-order valence-corrected chi connectivity index (χ0v) is 17.7. The first-order chi connectivity index (χ1) is 15.2. The fraction of sp³-hybridized carbons (Fsp3) is 0.273. The molecule has 1 aliphatic heterocycles. The predicted molar refractivity (Wildman–Crippen MR) is 112 cm³/mol. The number of fused-ring (bicyclic) bond motifs is 3. The molecule has 1 aromatic heterocycles. The molecule has 0 aliphatic carbocycles. The van der Waals surface area contributed by atoms with Crippen molar-refractivity contribution in [3.05, 3.63) is 75.1 Å². The zero-order valence-electron chi connectivity index (χ0n) is 16.9. The summed E-state index contributed by atoms with van der Waals surface area (Å²) in [6.45, 7) is 2.01. The molecule has 0 bridgehead atoms. The largest absolute Gasteiger partial charge is 0.479 e. The van der Waals surface area contributed by atoms with Crippen LogP contribution in [0.25, 0.3) is 11.0 Å². The molecule has 32 heavy (non-hydrogen) atoms. The third-order valence-electron chi connectivity index (χ3n) is 5.16. The number of benzene rings is 2. The van der Waals surface area contributed by atoms with Gasteiger partial charge in [-0.2, -0.15) is 13.2 Å². The molecule has 10 heteroatoms. The van der Waals surface area contributed by atoms with Crippen LogP contribution in [0.2, 0.25) is 0 Å². The van der Waals surface area contributed by atoms with Crippen LogP contribution in [0.3, 0.4) is 0 Å². The second kappa shape index (κ2) is 8.78. The number of amides is 1. The van der Waals surface area contributed by atoms with Gasteiger partial charge in [0, 0.05) is 17.5 Å². The number of hydrogen-bond acceptors (Lipinski definition) is 6. The van der Waals surface area contributed by atoms with Crippen molar-refractivity contribution in [2.45, 2.75) is 32.0 Å². The number of halogens is 3. The van der Waals surface area contributed by atoms with Crippen molar-refractivity contribution >= 4 is 29.1 Å². The highest BCUT2D eigenvalue weighted by Crippen LogP contribution is 2.37. The standard InChI is InChI=1S/C22H18F3NO5S/c1-13-18(31-32-22(23,24)25)8-7-16-15-9-10-26(11-17(15)20(27)30-19(13)16)21(28)29-12-14-5-3-2-4-6-14/h2-8H,9-12H2,1H3. The number of carbonyl (C=O) groups is 1. The topological polar surface area (TPSA) is 69.0 Å². The van der Waals surface area contributed by atoms with Gasteiger partial charge in [0.1, 0.15) is 17.9 Å². The van der Waals surface area contributed by atoms with Crippen molar-refractivity contribution in [2.75, 3.05) is 6.54 Å². The minimum Gasteiger partial charge on any atom is -0.445 e. The van der Waals surface area contributed by atoms with E-state index in [4.69, 9.17) is 13.3 Å². The lowest BCUT2D eigenvalue weighted by Crippen LogP contribution is -2.38. The van der Waals surface area contributed by atoms with Crippen LogP contribution in [0.4, 0.5) is 18.0 Å². The number of aryl methyl sites for hydroxylation is 1. The lowest BCUT2D eigenvalue weighted by atomic mass is 9.96. The predicted octanol–water partition coefficient (Wildman–Crippen LogP) is 5.34. The van der Waals surface area contributed by atoms with Gasteiger partial charge in [-0.3, -0.25) is 0 Å². The zero-order chi connectivity index (χ0) is 22.9. The summed E-state index contributed by atoms with van der Waals surface area (Å²) in [5.41, 5.74) is -2.84. The van der Waals surface area contributed by atoms with Crippen LogP contribution in [0.5, 0.6) is 5.75 Å². The van der Waals surface area contributed by atoms with Gasteiger partial charge < -0.3 is 18.2 Å². The summed E-state index contributed by atoms with van der Waals surface area (Å²) in [5, 5.41) is 0.610. The Morgan fingerprint density at radius 1 is 1.16 bits per heavy atom. The van der Waals surface area contributed by atoms with E-state index >= 15 is 0 Å². The minimum atomic E-state index is -4.56. The van der Waals surface area contributed by atoms with E-state index in [0.29, 0.717) is 35.0 Å². The van der Waals surface area contributed by atoms with Crippen molar-refractivity contribution in [3.8, 4) is 5.75 Å². The maximum atomic E-state index is 12.6. The molecule has 0 spiro atoms. The molecular weight excluding hydrogens is 447 g/mol. The van der Waals surface area contributed by atoms with E-state index < -0.39 is 29.3 Å². The first-order valence-electron chi connectivity index (χ1n) is 9.69. The molecule has 0 unspecified atom stereocenters. The van der Waals surface area contributed by atoms with E-state index in [0.717, 1.165) is 5.56 Å². The molecule has 1 aliphatic rings. The van der Waals surface area contributed by atoms with Crippen molar-refractivity contribution in [3.63, 3.8) is 0 Å². The Labute approximate surface area is 185 Å². The van der Waals surface area contributed by atoms with E-state index in [9.17, 15) is 22.8 Å². The van der Waals surface area contributed by atoms with Crippen molar-refractivity contribution in [2.24, 2.45) is 0 Å². The summed E-state index contributed by atoms with van der Waals surface area (Å²) in [7, 11) is 0. The number of alkyl halides is 3. The Morgan fingerprint density at radius 3 is 2.62 bits per heavy atom. The van der Waals surface area contributed by atoms with Crippen LogP contribution in [-0.4, -0.2) is 23.0 Å². The normalized spacial score (nSPS) is 13.7. The highest BCUT2D eigenvalue weighted by atomic mass is 32.2. The molecular formula is C22H18F3NO5S. The van der Waals surface area contributed by atoms with Crippen molar-refractivity contribution < 1.29 is 31.3 Å². The van der Waals surface area contributed by atoms with Gasteiger partial charge in [-0.15, -0.1) is 0 Å². The van der Waals surface area contributed by atoms with Gasteiger partial charge >= 0.3 is 17.2 Å². The lowest BCUT2D eigenvalue weighted by molar-refractivity contribution is -0.0369. The molecule has 4 rings (SSSR count). The smallest absolute Gasteiger partial charge is 0.445 e. The highest BCUT2D eigenvalue weighted by Gasteiger charge is 2.32. The van der Waals surface area contributed by atoms with E-state index in [1.807, 2.05) is 30.3 Å². The SMILES string of the molecule is Cc1c(OSC(F)(F)F)ccc2c3c(c(=O)oc12)CN(C(=O)OCc1ccccc1)CC3. The molecule has 0 fully saturated rings. The van der Waals surface area contributed by atoms with Gasteiger partial charge in [0.2, 0.25) is 0 Å². The summed E-state index contributed by atoms with van der Waals surface area (Å²) in [5.74, 6) is -0.0372. The van der Waals surface area contributed by atoms with Crippen LogP contribution in [0, 0.1) is 6.92 Å². The Morgan fingerprint density at radius 2 is 1.91 bits per heavy atom. The maximum Gasteiger partial charge on any atom is 0.479 e. The average molecular weight is 465 g/mol. The maximum absolute atomic E-state index is 12.6. The molecule has 1 amide bonds. The number of nitrogens with zero attached hydrogens (tertiary/aromatic N) is 1. The first kappa shape index (κ1) is 22.1. The van der Waals surface area contributed by atoms with Gasteiger partial charge in [0.25, 0.3) is 0 Å². The second-order valence-electron chi connectivity index (χ2n) is 7.24. The molecule has 0 atom stereocenters. The van der Waals surface area contributed by atoms with Gasteiger partial charge in [-0.1, -0.05) is 30.3 Å². The fourth-order valence-electron chi connectivity index (χ4n) is 3.59. The Balaban J connectivity index is 1.55. The summed E-state index contributed by atoms with van der Waals surface area (Å²) in [4.78, 5) is 26.5. The molecule has 3 aromatic rings. The van der Waals surface area contributed by atoms with E-state index in [1.54, 1.807) is 6.07 Å². The van der Waals surface area contributed by atoms with E-state index in [1.165, 1.54) is 17.9 Å². The number of ether oxygens (including phenoxy) is 1. The molecule has 0 saturated carbocycles. The van der Waals surface area contributed by atoms with Crippen LogP contribution in [0.1, 0.15) is 22.3 Å². The van der Waals surface area contributed by atoms with Crippen LogP contribution in [-0.2, 0) is 24.3 Å². The summed E-state index contributed by atoms with van der Waals surface area (Å²) >= 11 is -0.629. The van der Waals surface area contributed by atoms with Crippen LogP contribution < -0.4 is 9.81 Å². The fourth-order valence-corrected chi connectivity index (χ4v) is 3.96. The third-order valence-corrected chi connectivity index (χ3v) is 5.61. The monoisotopic (exact) mass is 465 g/mol. The lowest BCUT2D eigenvalue weighted by Gasteiger charge is -2.28. The van der Waals surface area contributed by atoms with E-state index in [2.05, 4.69) is 0 Å². The quantitative estimate of drug-likeness (QED) is 0.383. The third kappa shape index (κ3) is 4.69. The molecule has 0 saturated heterocycles. The Kier molecular flexibility index (Phi) is 6.05. The average Bonchev–Trinajstić information content (AvgIpc) is 2.77. The number of hydrogen-bond donors (Lipinski definition) is 0. The minimum absolute atomic E-state index is 0.0302. The van der Waals surface area contributed by atoms with Crippen molar-refractivity contribution in [1.82, 2.24) is 4.90 Å². The molecule has 2 heterocycles. The van der Waals surface area contributed by atoms with Crippen LogP contribution >= 0.6 is 12.0 Å². The van der Waals surface area contributed by atoms with E-state index in [-0.39, 0.29) is 24.5 Å². The molecule has 0 radical (unpaired) electrons. The molecule has 2 aromatic carbocycles. The van der Waals surface area contributed by atoms with Gasteiger partial charge in [0.05, 0.1) is 12.1 Å².